The van der Waals surface area contributed by atoms with Crippen LogP contribution in [0.2, 0.25) is 0 Å². The molecule has 4 N–H and O–H groups in total. The molecule has 0 saturated carbocycles. The van der Waals surface area contributed by atoms with Crippen molar-refractivity contribution in [2.45, 2.75) is 49.5 Å². The molecule has 1 aliphatic carbocycles. The standard InChI is InChI=1S/C30H32ClN3O7S/c1-17(2)27(29(36)32-18(3)28(35)33-20-13-12-19(15-31)26(14-20)42(38,39)40)34-30(37)41-16-25-23-10-6-4-8-21(23)22-9-5-7-11-24(22)25/h4-14,17-18,25,27H,15-16H2,1-3H3,(H,32,36)(H,33,35)(H,34,37)(H,38,39,40)/t18?,27-/m0/s1. The number of anilines is 1. The zero-order valence-electron chi connectivity index (χ0n) is 23.3. The van der Waals surface area contributed by atoms with E-state index in [1.807, 2.05) is 48.5 Å². The Balaban J connectivity index is 1.36. The van der Waals surface area contributed by atoms with Crippen LogP contribution in [0.25, 0.3) is 11.1 Å². The number of hydrogen-bond donors (Lipinski definition) is 4. The molecule has 222 valence electrons. The van der Waals surface area contributed by atoms with Gasteiger partial charge < -0.3 is 20.7 Å². The highest BCUT2D eigenvalue weighted by Crippen LogP contribution is 2.44. The molecule has 42 heavy (non-hydrogen) atoms. The Morgan fingerprint density at radius 3 is 2.05 bits per heavy atom. The number of benzene rings is 3. The van der Waals surface area contributed by atoms with Crippen molar-refractivity contribution in [1.29, 1.82) is 0 Å². The molecule has 0 bridgehead atoms. The zero-order chi connectivity index (χ0) is 30.6. The normalized spacial score (nSPS) is 14.0. The second-order valence-corrected chi connectivity index (χ2v) is 12.0. The molecule has 0 fully saturated rings. The van der Waals surface area contributed by atoms with Crippen molar-refractivity contribution >= 4 is 45.3 Å². The minimum atomic E-state index is -4.57. The molecule has 10 nitrogen and oxygen atoms in total. The SMILES string of the molecule is CC(NC(=O)[C@@H](NC(=O)OCC1c2ccccc2-c2ccccc21)C(C)C)C(=O)Nc1ccc(CCl)c(S(=O)(=O)O)c1. The van der Waals surface area contributed by atoms with Gasteiger partial charge in [0.1, 0.15) is 23.6 Å². The van der Waals surface area contributed by atoms with Crippen LogP contribution < -0.4 is 16.0 Å². The van der Waals surface area contributed by atoms with E-state index >= 15 is 0 Å². The first-order valence-corrected chi connectivity index (χ1v) is 15.3. The van der Waals surface area contributed by atoms with E-state index in [2.05, 4.69) is 16.0 Å². The van der Waals surface area contributed by atoms with Gasteiger partial charge in [-0.1, -0.05) is 68.4 Å². The minimum Gasteiger partial charge on any atom is -0.449 e. The van der Waals surface area contributed by atoms with Crippen molar-refractivity contribution in [2.75, 3.05) is 11.9 Å². The van der Waals surface area contributed by atoms with E-state index in [9.17, 15) is 27.4 Å². The molecule has 0 radical (unpaired) electrons. The zero-order valence-corrected chi connectivity index (χ0v) is 24.8. The fraction of sp³-hybridized carbons (Fsp3) is 0.300. The van der Waals surface area contributed by atoms with Crippen LogP contribution in [0.3, 0.4) is 0 Å². The topological polar surface area (TPSA) is 151 Å². The maximum Gasteiger partial charge on any atom is 0.407 e. The number of carbonyl (C=O) groups is 3. The molecule has 0 aliphatic heterocycles. The molecule has 1 unspecified atom stereocenters. The van der Waals surface area contributed by atoms with Gasteiger partial charge in [-0.05, 0) is 52.8 Å². The van der Waals surface area contributed by atoms with Crippen molar-refractivity contribution in [3.63, 3.8) is 0 Å². The van der Waals surface area contributed by atoms with Crippen molar-refractivity contribution in [3.05, 3.63) is 83.4 Å². The first-order chi connectivity index (χ1) is 19.9. The van der Waals surface area contributed by atoms with Gasteiger partial charge in [-0.2, -0.15) is 8.42 Å². The Morgan fingerprint density at radius 2 is 1.50 bits per heavy atom. The fourth-order valence-corrected chi connectivity index (χ4v) is 5.96. The molecular formula is C30H32ClN3O7S. The fourth-order valence-electron chi connectivity index (χ4n) is 4.90. The number of carbonyl (C=O) groups excluding carboxylic acids is 3. The summed E-state index contributed by atoms with van der Waals surface area (Å²) in [6, 6.07) is 17.7. The molecule has 3 aromatic rings. The summed E-state index contributed by atoms with van der Waals surface area (Å²) < 4.78 is 38.4. The first-order valence-electron chi connectivity index (χ1n) is 13.3. The molecule has 3 amide bonds. The maximum absolute atomic E-state index is 13.1. The molecule has 0 aromatic heterocycles. The summed E-state index contributed by atoms with van der Waals surface area (Å²) in [7, 11) is -4.57. The summed E-state index contributed by atoms with van der Waals surface area (Å²) in [5, 5.41) is 7.68. The highest BCUT2D eigenvalue weighted by molar-refractivity contribution is 7.85. The van der Waals surface area contributed by atoms with Crippen molar-refractivity contribution in [3.8, 4) is 11.1 Å². The predicted molar refractivity (Wildman–Crippen MR) is 159 cm³/mol. The second-order valence-electron chi connectivity index (χ2n) is 10.3. The van der Waals surface area contributed by atoms with Gasteiger partial charge in [-0.25, -0.2) is 4.79 Å². The number of amides is 3. The van der Waals surface area contributed by atoms with Gasteiger partial charge >= 0.3 is 6.09 Å². The summed E-state index contributed by atoms with van der Waals surface area (Å²) in [4.78, 5) is 38.2. The Kier molecular flexibility index (Phi) is 9.55. The number of fused-ring (bicyclic) bond motifs is 3. The maximum atomic E-state index is 13.1. The number of hydrogen-bond acceptors (Lipinski definition) is 6. The largest absolute Gasteiger partial charge is 0.449 e. The van der Waals surface area contributed by atoms with E-state index in [4.69, 9.17) is 16.3 Å². The summed E-state index contributed by atoms with van der Waals surface area (Å²) in [6.07, 6.45) is -0.764. The molecule has 4 rings (SSSR count). The van der Waals surface area contributed by atoms with Crippen LogP contribution in [-0.4, -0.2) is 49.6 Å². The van der Waals surface area contributed by atoms with Crippen LogP contribution in [-0.2, 0) is 30.3 Å². The average molecular weight is 614 g/mol. The van der Waals surface area contributed by atoms with Gasteiger partial charge in [0.05, 0.1) is 0 Å². The average Bonchev–Trinajstić information content (AvgIpc) is 3.27. The molecule has 0 spiro atoms. The second kappa shape index (κ2) is 12.9. The molecular weight excluding hydrogens is 582 g/mol. The lowest BCUT2D eigenvalue weighted by Gasteiger charge is -2.24. The molecule has 3 aromatic carbocycles. The number of ether oxygens (including phenoxy) is 1. The number of nitrogens with one attached hydrogen (secondary N) is 3. The Morgan fingerprint density at radius 1 is 0.905 bits per heavy atom. The number of alkyl carbamates (subject to hydrolysis) is 1. The van der Waals surface area contributed by atoms with Crippen molar-refractivity contribution in [2.24, 2.45) is 5.92 Å². The van der Waals surface area contributed by atoms with Crippen LogP contribution in [0.1, 0.15) is 43.4 Å². The van der Waals surface area contributed by atoms with E-state index in [0.29, 0.717) is 0 Å². The van der Waals surface area contributed by atoms with E-state index in [-0.39, 0.29) is 35.6 Å². The summed E-state index contributed by atoms with van der Waals surface area (Å²) in [5.41, 5.74) is 4.56. The molecule has 12 heteroatoms. The smallest absolute Gasteiger partial charge is 0.407 e. The Hall–Kier alpha value is -3.93. The Bertz CT molecular complexity index is 1560. The monoisotopic (exact) mass is 613 g/mol. The summed E-state index contributed by atoms with van der Waals surface area (Å²) in [6.45, 7) is 5.01. The molecule has 1 aliphatic rings. The number of alkyl halides is 1. The third-order valence-corrected chi connectivity index (χ3v) is 8.30. The predicted octanol–water partition coefficient (Wildman–Crippen LogP) is 4.68. The van der Waals surface area contributed by atoms with Crippen LogP contribution in [0, 0.1) is 5.92 Å². The van der Waals surface area contributed by atoms with Crippen molar-refractivity contribution in [1.82, 2.24) is 10.6 Å². The van der Waals surface area contributed by atoms with E-state index in [1.54, 1.807) is 13.8 Å². The van der Waals surface area contributed by atoms with E-state index in [1.165, 1.54) is 19.1 Å². The minimum absolute atomic E-state index is 0.0825. The molecule has 0 saturated heterocycles. The lowest BCUT2D eigenvalue weighted by atomic mass is 9.98. The third kappa shape index (κ3) is 6.92. The summed E-state index contributed by atoms with van der Waals surface area (Å²) in [5.74, 6) is -1.88. The lowest BCUT2D eigenvalue weighted by molar-refractivity contribution is -0.128. The highest BCUT2D eigenvalue weighted by Gasteiger charge is 2.31. The van der Waals surface area contributed by atoms with Gasteiger partial charge in [0.15, 0.2) is 0 Å². The third-order valence-electron chi connectivity index (χ3n) is 7.07. The number of halogens is 1. The van der Waals surface area contributed by atoms with Crippen LogP contribution in [0.4, 0.5) is 10.5 Å². The molecule has 2 atom stereocenters. The first kappa shape index (κ1) is 31.0. The highest BCUT2D eigenvalue weighted by atomic mass is 35.5. The van der Waals surface area contributed by atoms with E-state index < -0.39 is 45.0 Å². The molecule has 0 heterocycles. The van der Waals surface area contributed by atoms with Gasteiger partial charge in [-0.3, -0.25) is 14.1 Å². The van der Waals surface area contributed by atoms with E-state index in [0.717, 1.165) is 28.3 Å². The van der Waals surface area contributed by atoms with Gasteiger partial charge in [0.25, 0.3) is 10.1 Å². The van der Waals surface area contributed by atoms with Gasteiger partial charge in [0.2, 0.25) is 11.8 Å². The van der Waals surface area contributed by atoms with Crippen LogP contribution in [0.15, 0.2) is 71.6 Å². The summed E-state index contributed by atoms with van der Waals surface area (Å²) >= 11 is 5.74. The quantitative estimate of drug-likeness (QED) is 0.191. The van der Waals surface area contributed by atoms with Crippen LogP contribution in [0.5, 0.6) is 0 Å². The number of rotatable bonds is 10. The van der Waals surface area contributed by atoms with Gasteiger partial charge in [0, 0.05) is 17.5 Å². The lowest BCUT2D eigenvalue weighted by Crippen LogP contribution is -2.53. The Labute approximate surface area is 249 Å². The van der Waals surface area contributed by atoms with Crippen molar-refractivity contribution < 1.29 is 32.1 Å². The van der Waals surface area contributed by atoms with Gasteiger partial charge in [-0.15, -0.1) is 11.6 Å². The van der Waals surface area contributed by atoms with Crippen LogP contribution >= 0.6 is 11.6 Å².